The monoisotopic (exact) mass is 250 g/mol. The fourth-order valence-corrected chi connectivity index (χ4v) is 2.47. The highest BCUT2D eigenvalue weighted by Crippen LogP contribution is 2.43. The number of ether oxygens (including phenoxy) is 1. The van der Waals surface area contributed by atoms with Crippen LogP contribution in [0.3, 0.4) is 0 Å². The molecule has 0 saturated heterocycles. The Balaban J connectivity index is 2.87. The van der Waals surface area contributed by atoms with Crippen LogP contribution in [0, 0.1) is 11.8 Å². The number of esters is 1. The van der Waals surface area contributed by atoms with Crippen LogP contribution in [0.4, 0.5) is 13.2 Å². The normalized spacial score (nSPS) is 19.8. The molecule has 0 bridgehead atoms. The van der Waals surface area contributed by atoms with E-state index in [1.54, 1.807) is 0 Å². The molecule has 2 nitrogen and oxygen atoms in total. The summed E-state index contributed by atoms with van der Waals surface area (Å²) in [6, 6.07) is 0. The molecule has 1 aliphatic carbocycles. The molecule has 0 aromatic carbocycles. The van der Waals surface area contributed by atoms with Gasteiger partial charge in [-0.3, -0.25) is 0 Å². The number of hydrogen-bond acceptors (Lipinski definition) is 2. The molecule has 0 heterocycles. The number of alkyl halides is 3. The molecule has 1 atom stereocenters. The smallest absolute Gasteiger partial charge is 0.396 e. The fourth-order valence-electron chi connectivity index (χ4n) is 2.47. The summed E-state index contributed by atoms with van der Waals surface area (Å²) in [6.07, 6.45) is -0.892. The molecule has 0 aliphatic heterocycles. The van der Waals surface area contributed by atoms with Gasteiger partial charge in [0.2, 0.25) is 0 Å². The van der Waals surface area contributed by atoms with E-state index in [1.165, 1.54) is 0 Å². The summed E-state index contributed by atoms with van der Waals surface area (Å²) in [5, 5.41) is 0. The summed E-state index contributed by atoms with van der Waals surface area (Å²) in [5.74, 6) is -3.25. The molecule has 0 N–H and O–H groups in total. The number of halogens is 3. The van der Waals surface area contributed by atoms with Crippen LogP contribution in [0.5, 0.6) is 0 Å². The Hall–Kier alpha value is -1.00. The van der Waals surface area contributed by atoms with Gasteiger partial charge in [0.1, 0.15) is 0 Å². The van der Waals surface area contributed by atoms with Crippen LogP contribution in [0.15, 0.2) is 12.2 Å². The second-order valence-electron chi connectivity index (χ2n) is 4.43. The summed E-state index contributed by atoms with van der Waals surface area (Å²) in [7, 11) is 1.07. The largest absolute Gasteiger partial charge is 0.466 e. The van der Waals surface area contributed by atoms with E-state index in [-0.39, 0.29) is 0 Å². The lowest BCUT2D eigenvalue weighted by atomic mass is 9.76. The minimum atomic E-state index is -4.42. The lowest BCUT2D eigenvalue weighted by molar-refractivity contribution is -0.184. The molecule has 1 rings (SSSR count). The van der Waals surface area contributed by atoms with E-state index in [0.29, 0.717) is 12.8 Å². The predicted octanol–water partition coefficient (Wildman–Crippen LogP) is 3.47. The fraction of sp³-hybridized carbons (Fsp3) is 0.750. The third-order valence-corrected chi connectivity index (χ3v) is 3.30. The van der Waals surface area contributed by atoms with Crippen LogP contribution in [-0.2, 0) is 9.53 Å². The van der Waals surface area contributed by atoms with Crippen molar-refractivity contribution in [1.29, 1.82) is 0 Å². The van der Waals surface area contributed by atoms with Crippen molar-refractivity contribution >= 4 is 5.97 Å². The van der Waals surface area contributed by atoms with E-state index in [0.717, 1.165) is 26.4 Å². The van der Waals surface area contributed by atoms with Crippen LogP contribution < -0.4 is 0 Å². The molecule has 1 saturated carbocycles. The van der Waals surface area contributed by atoms with Crippen molar-refractivity contribution in [2.45, 2.75) is 38.3 Å². The van der Waals surface area contributed by atoms with Crippen molar-refractivity contribution in [3.8, 4) is 0 Å². The Morgan fingerprint density at radius 1 is 1.29 bits per heavy atom. The van der Waals surface area contributed by atoms with Crippen LogP contribution >= 0.6 is 0 Å². The van der Waals surface area contributed by atoms with Gasteiger partial charge in [-0.1, -0.05) is 25.8 Å². The third-order valence-electron chi connectivity index (χ3n) is 3.30. The number of carbonyl (C=O) groups excluding carboxylic acids is 1. The van der Waals surface area contributed by atoms with Crippen molar-refractivity contribution in [3.63, 3.8) is 0 Å². The Morgan fingerprint density at radius 3 is 2.24 bits per heavy atom. The van der Waals surface area contributed by atoms with Gasteiger partial charge >= 0.3 is 12.1 Å². The Bertz CT molecular complexity index is 291. The highest BCUT2D eigenvalue weighted by Gasteiger charge is 2.48. The molecule has 5 heteroatoms. The van der Waals surface area contributed by atoms with E-state index in [9.17, 15) is 18.0 Å². The minimum Gasteiger partial charge on any atom is -0.466 e. The lowest BCUT2D eigenvalue weighted by Crippen LogP contribution is -2.35. The quantitative estimate of drug-likeness (QED) is 0.566. The first kappa shape index (κ1) is 14.1. The second-order valence-corrected chi connectivity index (χ2v) is 4.43. The molecule has 0 unspecified atom stereocenters. The van der Waals surface area contributed by atoms with Gasteiger partial charge in [0.25, 0.3) is 0 Å². The van der Waals surface area contributed by atoms with Crippen LogP contribution in [-0.4, -0.2) is 19.3 Å². The molecule has 0 amide bonds. The van der Waals surface area contributed by atoms with Crippen molar-refractivity contribution in [3.05, 3.63) is 12.2 Å². The second kappa shape index (κ2) is 5.56. The summed E-state index contributed by atoms with van der Waals surface area (Å²) < 4.78 is 43.3. The molecule has 1 fully saturated rings. The number of rotatable bonds is 3. The Morgan fingerprint density at radius 2 is 1.82 bits per heavy atom. The van der Waals surface area contributed by atoms with E-state index in [4.69, 9.17) is 0 Å². The number of carbonyl (C=O) groups is 1. The average Bonchev–Trinajstić information content (AvgIpc) is 2.27. The standard InChI is InChI=1S/C12H17F3O2/c1-8(11(16)17-2)10(12(13,14)15)9-6-4-3-5-7-9/h9-10H,1,3-7H2,2H3/t10-/m1/s1. The number of hydrogen-bond donors (Lipinski definition) is 0. The van der Waals surface area contributed by atoms with E-state index >= 15 is 0 Å². The van der Waals surface area contributed by atoms with Gasteiger partial charge < -0.3 is 4.74 Å². The lowest BCUT2D eigenvalue weighted by Gasteiger charge is -2.32. The molecule has 0 aromatic rings. The van der Waals surface area contributed by atoms with Gasteiger partial charge in [-0.05, 0) is 18.8 Å². The summed E-state index contributed by atoms with van der Waals surface area (Å²) in [5.41, 5.74) is -0.466. The first-order chi connectivity index (χ1) is 7.88. The molecule has 0 spiro atoms. The maximum Gasteiger partial charge on any atom is 0.396 e. The molecule has 0 aromatic heterocycles. The van der Waals surface area contributed by atoms with E-state index in [2.05, 4.69) is 11.3 Å². The molecule has 98 valence electrons. The van der Waals surface area contributed by atoms with Crippen molar-refractivity contribution < 1.29 is 22.7 Å². The summed E-state index contributed by atoms with van der Waals surface area (Å²) in [6.45, 7) is 3.27. The van der Waals surface area contributed by atoms with Crippen LogP contribution in [0.1, 0.15) is 32.1 Å². The van der Waals surface area contributed by atoms with Gasteiger partial charge in [-0.15, -0.1) is 0 Å². The van der Waals surface area contributed by atoms with E-state index in [1.807, 2.05) is 0 Å². The zero-order chi connectivity index (χ0) is 13.1. The molecular formula is C12H17F3O2. The highest BCUT2D eigenvalue weighted by molar-refractivity contribution is 5.88. The van der Waals surface area contributed by atoms with Gasteiger partial charge in [0, 0.05) is 5.57 Å². The molecule has 17 heavy (non-hydrogen) atoms. The summed E-state index contributed by atoms with van der Waals surface area (Å²) >= 11 is 0. The van der Waals surface area contributed by atoms with Gasteiger partial charge in [0.15, 0.2) is 0 Å². The van der Waals surface area contributed by atoms with Gasteiger partial charge in [0.05, 0.1) is 13.0 Å². The maximum absolute atomic E-state index is 13.0. The minimum absolute atomic E-state index is 0.466. The topological polar surface area (TPSA) is 26.3 Å². The van der Waals surface area contributed by atoms with Gasteiger partial charge in [-0.2, -0.15) is 13.2 Å². The molecule has 1 aliphatic rings. The highest BCUT2D eigenvalue weighted by atomic mass is 19.4. The maximum atomic E-state index is 13.0. The molecular weight excluding hydrogens is 233 g/mol. The van der Waals surface area contributed by atoms with Crippen molar-refractivity contribution in [1.82, 2.24) is 0 Å². The van der Waals surface area contributed by atoms with Crippen LogP contribution in [0.2, 0.25) is 0 Å². The first-order valence-corrected chi connectivity index (χ1v) is 5.71. The van der Waals surface area contributed by atoms with Crippen molar-refractivity contribution in [2.75, 3.05) is 7.11 Å². The Kier molecular flexibility index (Phi) is 4.60. The average molecular weight is 250 g/mol. The third kappa shape index (κ3) is 3.48. The zero-order valence-corrected chi connectivity index (χ0v) is 9.85. The predicted molar refractivity (Wildman–Crippen MR) is 57.3 cm³/mol. The first-order valence-electron chi connectivity index (χ1n) is 5.71. The Labute approximate surface area is 98.8 Å². The zero-order valence-electron chi connectivity index (χ0n) is 9.85. The van der Waals surface area contributed by atoms with Gasteiger partial charge in [-0.25, -0.2) is 4.79 Å². The van der Waals surface area contributed by atoms with E-state index < -0.39 is 29.6 Å². The van der Waals surface area contributed by atoms with Crippen molar-refractivity contribution in [2.24, 2.45) is 11.8 Å². The van der Waals surface area contributed by atoms with Crippen LogP contribution in [0.25, 0.3) is 0 Å². The number of methoxy groups -OCH3 is 1. The SMILES string of the molecule is C=C(C(=O)OC)[C@H](C1CCCCC1)C(F)(F)F. The molecule has 0 radical (unpaired) electrons. The summed E-state index contributed by atoms with van der Waals surface area (Å²) in [4.78, 5) is 11.2.